The fraction of sp³-hybridized carbons (Fsp3) is 0.474. The van der Waals surface area contributed by atoms with Gasteiger partial charge in [-0.15, -0.1) is 35.3 Å². The van der Waals surface area contributed by atoms with Gasteiger partial charge in [0.2, 0.25) is 0 Å². The van der Waals surface area contributed by atoms with Crippen LogP contribution in [-0.4, -0.2) is 18.0 Å². The highest BCUT2D eigenvalue weighted by molar-refractivity contribution is 14.0. The van der Waals surface area contributed by atoms with Crippen molar-refractivity contribution >= 4 is 41.3 Å². The number of aryl methyl sites for hydroxylation is 2. The second kappa shape index (κ2) is 9.52. The van der Waals surface area contributed by atoms with Gasteiger partial charge in [-0.25, -0.2) is 4.98 Å². The molecule has 0 spiro atoms. The Bertz CT molecular complexity index is 699. The first kappa shape index (κ1) is 21.9. The summed E-state index contributed by atoms with van der Waals surface area (Å²) in [5.41, 5.74) is 3.88. The second-order valence-electron chi connectivity index (χ2n) is 6.97. The Morgan fingerprint density at radius 1 is 1.08 bits per heavy atom. The van der Waals surface area contributed by atoms with E-state index in [0.29, 0.717) is 0 Å². The number of nitrogens with zero attached hydrogens (tertiary/aromatic N) is 2. The number of rotatable bonds is 4. The average molecular weight is 472 g/mol. The zero-order chi connectivity index (χ0) is 17.7. The van der Waals surface area contributed by atoms with E-state index in [-0.39, 0.29) is 29.4 Å². The minimum absolute atomic E-state index is 0. The fourth-order valence-corrected chi connectivity index (χ4v) is 3.31. The number of aliphatic imine (C=N–C) groups is 1. The first-order chi connectivity index (χ1) is 11.3. The molecule has 0 unspecified atom stereocenters. The van der Waals surface area contributed by atoms with E-state index in [1.165, 1.54) is 16.0 Å². The van der Waals surface area contributed by atoms with Crippen molar-refractivity contribution in [2.75, 3.05) is 7.05 Å². The van der Waals surface area contributed by atoms with Crippen LogP contribution in [0, 0.1) is 13.8 Å². The lowest BCUT2D eigenvalue weighted by Gasteiger charge is -2.19. The normalized spacial score (nSPS) is 11.8. The molecule has 0 atom stereocenters. The van der Waals surface area contributed by atoms with Gasteiger partial charge in [0.1, 0.15) is 0 Å². The fourth-order valence-electron chi connectivity index (χ4n) is 2.43. The summed E-state index contributed by atoms with van der Waals surface area (Å²) in [5, 5.41) is 7.82. The molecule has 2 aromatic rings. The zero-order valence-corrected chi connectivity index (χ0v) is 19.1. The molecule has 2 N–H and O–H groups in total. The Kier molecular flexibility index (Phi) is 8.34. The number of hydrogen-bond donors (Lipinski definition) is 2. The third kappa shape index (κ3) is 6.58. The molecule has 0 aliphatic carbocycles. The van der Waals surface area contributed by atoms with Crippen LogP contribution in [0.2, 0.25) is 0 Å². The molecule has 0 bridgehead atoms. The minimum Gasteiger partial charge on any atom is -0.352 e. The molecule has 2 rings (SSSR count). The van der Waals surface area contributed by atoms with Gasteiger partial charge in [-0.05, 0) is 30.4 Å². The van der Waals surface area contributed by atoms with Crippen LogP contribution in [0.15, 0.2) is 29.3 Å². The van der Waals surface area contributed by atoms with Crippen molar-refractivity contribution < 1.29 is 0 Å². The number of aromatic nitrogens is 1. The Morgan fingerprint density at radius 2 is 1.68 bits per heavy atom. The lowest BCUT2D eigenvalue weighted by molar-refractivity contribution is 0.590. The average Bonchev–Trinajstić information content (AvgIpc) is 2.85. The molecule has 1 aromatic carbocycles. The summed E-state index contributed by atoms with van der Waals surface area (Å²) in [4.78, 5) is 10.00. The van der Waals surface area contributed by atoms with Gasteiger partial charge >= 0.3 is 0 Å². The molecule has 0 fully saturated rings. The molecule has 0 aliphatic rings. The van der Waals surface area contributed by atoms with Gasteiger partial charge in [0.25, 0.3) is 0 Å². The molecule has 0 aliphatic heterocycles. The van der Waals surface area contributed by atoms with Crippen LogP contribution >= 0.6 is 35.3 Å². The number of guanidine groups is 1. The maximum Gasteiger partial charge on any atom is 0.191 e. The minimum atomic E-state index is 0. The molecule has 1 aromatic heterocycles. The number of nitrogens with one attached hydrogen (secondary N) is 2. The highest BCUT2D eigenvalue weighted by atomic mass is 127. The Hall–Kier alpha value is -1.15. The van der Waals surface area contributed by atoms with Gasteiger partial charge in [-0.1, -0.05) is 45.0 Å². The van der Waals surface area contributed by atoms with Crippen molar-refractivity contribution in [2.24, 2.45) is 4.99 Å². The molecule has 0 saturated heterocycles. The zero-order valence-electron chi connectivity index (χ0n) is 15.9. The SMILES string of the molecule is CN=C(NCc1ccc(C(C)(C)C)cc1)NCc1sc(C)nc1C.I. The number of benzene rings is 1. The van der Waals surface area contributed by atoms with Crippen molar-refractivity contribution in [3.8, 4) is 0 Å². The Morgan fingerprint density at radius 3 is 2.16 bits per heavy atom. The Labute approximate surface area is 172 Å². The first-order valence-electron chi connectivity index (χ1n) is 8.26. The summed E-state index contributed by atoms with van der Waals surface area (Å²) in [6, 6.07) is 8.77. The molecule has 1 heterocycles. The van der Waals surface area contributed by atoms with Crippen LogP contribution in [0.1, 0.15) is 47.5 Å². The van der Waals surface area contributed by atoms with Crippen molar-refractivity contribution in [2.45, 2.75) is 53.1 Å². The lowest BCUT2D eigenvalue weighted by Crippen LogP contribution is -2.36. The van der Waals surface area contributed by atoms with Crippen LogP contribution in [-0.2, 0) is 18.5 Å². The van der Waals surface area contributed by atoms with E-state index in [2.05, 4.69) is 65.6 Å². The van der Waals surface area contributed by atoms with Crippen LogP contribution in [0.5, 0.6) is 0 Å². The van der Waals surface area contributed by atoms with E-state index in [1.54, 1.807) is 18.4 Å². The van der Waals surface area contributed by atoms with E-state index in [1.807, 2.05) is 13.8 Å². The first-order valence-corrected chi connectivity index (χ1v) is 9.08. The molecule has 6 heteroatoms. The summed E-state index contributed by atoms with van der Waals surface area (Å²) >= 11 is 1.73. The molecule has 0 amide bonds. The molecule has 0 radical (unpaired) electrons. The van der Waals surface area contributed by atoms with Crippen LogP contribution < -0.4 is 10.6 Å². The summed E-state index contributed by atoms with van der Waals surface area (Å²) in [5.74, 6) is 0.806. The van der Waals surface area contributed by atoms with E-state index < -0.39 is 0 Å². The summed E-state index contributed by atoms with van der Waals surface area (Å²) in [6.07, 6.45) is 0. The van der Waals surface area contributed by atoms with Gasteiger partial charge < -0.3 is 10.6 Å². The van der Waals surface area contributed by atoms with Crippen molar-refractivity contribution in [3.63, 3.8) is 0 Å². The smallest absolute Gasteiger partial charge is 0.191 e. The summed E-state index contributed by atoms with van der Waals surface area (Å²) in [7, 11) is 1.79. The number of hydrogen-bond acceptors (Lipinski definition) is 3. The predicted octanol–water partition coefficient (Wildman–Crippen LogP) is 4.54. The van der Waals surface area contributed by atoms with E-state index >= 15 is 0 Å². The second-order valence-corrected chi connectivity index (χ2v) is 8.26. The topological polar surface area (TPSA) is 49.3 Å². The van der Waals surface area contributed by atoms with Crippen LogP contribution in [0.25, 0.3) is 0 Å². The van der Waals surface area contributed by atoms with Crippen molar-refractivity contribution in [1.29, 1.82) is 0 Å². The summed E-state index contributed by atoms with van der Waals surface area (Å²) < 4.78 is 0. The van der Waals surface area contributed by atoms with Crippen molar-refractivity contribution in [1.82, 2.24) is 15.6 Å². The van der Waals surface area contributed by atoms with Crippen LogP contribution in [0.4, 0.5) is 0 Å². The molecule has 25 heavy (non-hydrogen) atoms. The largest absolute Gasteiger partial charge is 0.352 e. The van der Waals surface area contributed by atoms with E-state index in [4.69, 9.17) is 0 Å². The van der Waals surface area contributed by atoms with E-state index in [9.17, 15) is 0 Å². The highest BCUT2D eigenvalue weighted by Gasteiger charge is 2.12. The molecular formula is C19H29IN4S. The monoisotopic (exact) mass is 472 g/mol. The molecule has 138 valence electrons. The van der Waals surface area contributed by atoms with Gasteiger partial charge in [0, 0.05) is 18.5 Å². The Balaban J connectivity index is 0.00000312. The molecular weight excluding hydrogens is 443 g/mol. The quantitative estimate of drug-likeness (QED) is 0.390. The van der Waals surface area contributed by atoms with Gasteiger partial charge in [0.05, 0.1) is 17.2 Å². The van der Waals surface area contributed by atoms with Crippen molar-refractivity contribution in [3.05, 3.63) is 51.0 Å². The third-order valence-corrected chi connectivity index (χ3v) is 4.99. The maximum absolute atomic E-state index is 4.45. The lowest BCUT2D eigenvalue weighted by atomic mass is 9.87. The number of halogens is 1. The summed E-state index contributed by atoms with van der Waals surface area (Å²) in [6.45, 7) is 12.3. The number of thiazole rings is 1. The van der Waals surface area contributed by atoms with Gasteiger partial charge in [-0.2, -0.15) is 0 Å². The standard InChI is InChI=1S/C19H28N4S.HI/c1-13-17(24-14(2)23-13)12-22-18(20-6)21-11-15-7-9-16(10-8-15)19(3,4)5;/h7-10H,11-12H2,1-6H3,(H2,20,21,22);1H. The maximum atomic E-state index is 4.45. The third-order valence-electron chi connectivity index (χ3n) is 3.92. The van der Waals surface area contributed by atoms with Gasteiger partial charge in [-0.3, -0.25) is 4.99 Å². The van der Waals surface area contributed by atoms with Gasteiger partial charge in [0.15, 0.2) is 5.96 Å². The van der Waals surface area contributed by atoms with E-state index in [0.717, 1.165) is 29.8 Å². The highest BCUT2D eigenvalue weighted by Crippen LogP contribution is 2.22. The predicted molar refractivity (Wildman–Crippen MR) is 119 cm³/mol. The molecule has 0 saturated carbocycles. The van der Waals surface area contributed by atoms with Crippen LogP contribution in [0.3, 0.4) is 0 Å². The molecule has 4 nitrogen and oxygen atoms in total.